The maximum Gasteiger partial charge on any atom is 0.337 e. The Morgan fingerprint density at radius 3 is 1.97 bits per heavy atom. The van der Waals surface area contributed by atoms with Gasteiger partial charge in [-0.15, -0.1) is 13.2 Å². The lowest BCUT2D eigenvalue weighted by Gasteiger charge is -2.12. The Labute approximate surface area is 163 Å². The zero-order valence-corrected chi connectivity index (χ0v) is 15.3. The number of nitrogens with zero attached hydrogens (tertiary/aromatic N) is 3. The molecule has 0 spiro atoms. The third-order valence-electron chi connectivity index (χ3n) is 3.69. The topological polar surface area (TPSA) is 124 Å². The van der Waals surface area contributed by atoms with E-state index < -0.39 is 41.4 Å². The fraction of sp³-hybridized carbons (Fsp3) is 0.167. The van der Waals surface area contributed by atoms with Gasteiger partial charge in [-0.25, -0.2) is 37.3 Å². The molecule has 2 rings (SSSR count). The van der Waals surface area contributed by atoms with Gasteiger partial charge in [-0.2, -0.15) is 0 Å². The van der Waals surface area contributed by atoms with Crippen LogP contribution in [0.4, 0.5) is 14.9 Å². The molecule has 10 nitrogen and oxygen atoms in total. The van der Waals surface area contributed by atoms with Gasteiger partial charge in [-0.3, -0.25) is 10.1 Å². The molecule has 0 bridgehead atoms. The molecular weight excluding hydrogens is 385 g/mol. The van der Waals surface area contributed by atoms with E-state index in [9.17, 15) is 28.4 Å². The summed E-state index contributed by atoms with van der Waals surface area (Å²) in [5.41, 5.74) is -3.12. The van der Waals surface area contributed by atoms with Gasteiger partial charge >= 0.3 is 23.1 Å². The smallest absolute Gasteiger partial charge is 0.305 e. The number of hydrogen-bond acceptors (Lipinski definition) is 5. The number of amides is 3. The molecule has 0 aliphatic heterocycles. The number of aromatic nitrogens is 3. The quantitative estimate of drug-likeness (QED) is 0.632. The Hall–Kier alpha value is -4.02. The average molecular weight is 403 g/mol. The summed E-state index contributed by atoms with van der Waals surface area (Å²) in [5, 5.41) is 4.02. The molecule has 0 fully saturated rings. The molecule has 2 N–H and O–H groups in total. The fourth-order valence-corrected chi connectivity index (χ4v) is 2.41. The Kier molecular flexibility index (Phi) is 6.80. The van der Waals surface area contributed by atoms with Gasteiger partial charge < -0.3 is 5.32 Å². The summed E-state index contributed by atoms with van der Waals surface area (Å²) in [6.45, 7) is 5.65. The third-order valence-corrected chi connectivity index (χ3v) is 3.69. The minimum atomic E-state index is -1.06. The second-order valence-electron chi connectivity index (χ2n) is 5.71. The highest BCUT2D eigenvalue weighted by atomic mass is 19.1. The van der Waals surface area contributed by atoms with Crippen molar-refractivity contribution in [3.05, 3.63) is 86.8 Å². The maximum absolute atomic E-state index is 13.5. The zero-order valence-electron chi connectivity index (χ0n) is 15.3. The largest absolute Gasteiger partial charge is 0.337 e. The highest BCUT2D eigenvalue weighted by molar-refractivity contribution is 6.01. The van der Waals surface area contributed by atoms with E-state index in [1.807, 2.05) is 5.32 Å². The third kappa shape index (κ3) is 4.83. The molecule has 3 amide bonds. The highest BCUT2D eigenvalue weighted by Crippen LogP contribution is 2.11. The van der Waals surface area contributed by atoms with E-state index in [1.54, 1.807) is 0 Å². The molecule has 1 heterocycles. The number of nitrogens with one attached hydrogen (secondary N) is 2. The highest BCUT2D eigenvalue weighted by Gasteiger charge is 2.18. The van der Waals surface area contributed by atoms with Crippen LogP contribution in [0.5, 0.6) is 0 Å². The lowest BCUT2D eigenvalue weighted by Crippen LogP contribution is -2.55. The van der Waals surface area contributed by atoms with Crippen LogP contribution in [-0.4, -0.2) is 25.6 Å². The summed E-state index contributed by atoms with van der Waals surface area (Å²) in [6, 6.07) is 4.23. The first kappa shape index (κ1) is 21.3. The number of urea groups is 1. The molecule has 0 saturated carbocycles. The second-order valence-corrected chi connectivity index (χ2v) is 5.71. The van der Waals surface area contributed by atoms with Crippen molar-refractivity contribution in [2.24, 2.45) is 0 Å². The van der Waals surface area contributed by atoms with Gasteiger partial charge in [0.1, 0.15) is 12.4 Å². The summed E-state index contributed by atoms with van der Waals surface area (Å²) < 4.78 is 15.5. The van der Waals surface area contributed by atoms with Gasteiger partial charge in [0.05, 0.1) is 18.8 Å². The van der Waals surface area contributed by atoms with Crippen LogP contribution in [0.1, 0.15) is 0 Å². The molecule has 2 aromatic rings. The normalized spacial score (nSPS) is 10.2. The first-order valence-corrected chi connectivity index (χ1v) is 8.31. The monoisotopic (exact) mass is 403 g/mol. The SMILES string of the molecule is C=CCn1c(=O)n(CC=C)c(=O)n(CC(=O)NC(=O)Nc2ccccc2F)c1=O. The number of benzene rings is 1. The van der Waals surface area contributed by atoms with Crippen molar-refractivity contribution in [3.8, 4) is 0 Å². The van der Waals surface area contributed by atoms with Crippen molar-refractivity contribution >= 4 is 17.6 Å². The number of rotatable bonds is 7. The summed E-state index contributed by atoms with van der Waals surface area (Å²) in [7, 11) is 0. The number of para-hydroxylation sites is 1. The van der Waals surface area contributed by atoms with Gasteiger partial charge in [-0.1, -0.05) is 24.3 Å². The number of anilines is 1. The minimum Gasteiger partial charge on any atom is -0.305 e. The molecule has 0 aliphatic carbocycles. The van der Waals surface area contributed by atoms with Crippen LogP contribution >= 0.6 is 0 Å². The van der Waals surface area contributed by atoms with Crippen molar-refractivity contribution in [1.82, 2.24) is 19.0 Å². The maximum atomic E-state index is 13.5. The average Bonchev–Trinajstić information content (AvgIpc) is 2.67. The van der Waals surface area contributed by atoms with Crippen molar-refractivity contribution in [1.29, 1.82) is 0 Å². The number of carbonyl (C=O) groups is 2. The summed E-state index contributed by atoms with van der Waals surface area (Å²) >= 11 is 0. The van der Waals surface area contributed by atoms with Crippen molar-refractivity contribution in [2.45, 2.75) is 19.6 Å². The number of imide groups is 1. The van der Waals surface area contributed by atoms with E-state index in [4.69, 9.17) is 0 Å². The van der Waals surface area contributed by atoms with E-state index in [-0.39, 0.29) is 18.8 Å². The van der Waals surface area contributed by atoms with Crippen LogP contribution in [0.2, 0.25) is 0 Å². The molecule has 0 saturated heterocycles. The second kappa shape index (κ2) is 9.26. The van der Waals surface area contributed by atoms with Crippen molar-refractivity contribution < 1.29 is 14.0 Å². The number of halogens is 1. The number of allylic oxidation sites excluding steroid dienone is 2. The van der Waals surface area contributed by atoms with Crippen LogP contribution in [0.15, 0.2) is 64.0 Å². The lowest BCUT2D eigenvalue weighted by molar-refractivity contribution is -0.120. The molecule has 0 atom stereocenters. The number of carbonyl (C=O) groups excluding carboxylic acids is 2. The van der Waals surface area contributed by atoms with Crippen LogP contribution in [0.25, 0.3) is 0 Å². The molecule has 152 valence electrons. The van der Waals surface area contributed by atoms with Crippen LogP contribution < -0.4 is 27.7 Å². The fourth-order valence-electron chi connectivity index (χ4n) is 2.41. The molecule has 1 aromatic carbocycles. The standard InChI is InChI=1S/C18H18FN5O5/c1-3-9-22-16(27)23(10-4-2)18(29)24(17(22)28)11-14(25)21-15(26)20-13-8-6-5-7-12(13)19/h3-8H,1-2,9-11H2,(H2,20,21,25,26). The summed E-state index contributed by atoms with van der Waals surface area (Å²) in [6.07, 6.45) is 2.55. The van der Waals surface area contributed by atoms with E-state index in [2.05, 4.69) is 18.5 Å². The van der Waals surface area contributed by atoms with E-state index in [0.29, 0.717) is 13.7 Å². The van der Waals surface area contributed by atoms with Crippen molar-refractivity contribution in [2.75, 3.05) is 5.32 Å². The molecule has 11 heteroatoms. The summed E-state index contributed by atoms with van der Waals surface area (Å²) in [5.74, 6) is -1.73. The molecule has 1 aromatic heterocycles. The first-order valence-electron chi connectivity index (χ1n) is 8.31. The van der Waals surface area contributed by atoms with Gasteiger partial charge in [0, 0.05) is 0 Å². The van der Waals surface area contributed by atoms with Gasteiger partial charge in [0.15, 0.2) is 0 Å². The predicted molar refractivity (Wildman–Crippen MR) is 103 cm³/mol. The van der Waals surface area contributed by atoms with E-state index >= 15 is 0 Å². The lowest BCUT2D eigenvalue weighted by atomic mass is 10.3. The Morgan fingerprint density at radius 1 is 0.931 bits per heavy atom. The Bertz CT molecular complexity index is 1100. The number of hydrogen-bond donors (Lipinski definition) is 2. The van der Waals surface area contributed by atoms with Crippen LogP contribution in [0.3, 0.4) is 0 Å². The molecular formula is C18H18FN5O5. The molecule has 0 aliphatic rings. The Morgan fingerprint density at radius 2 is 1.45 bits per heavy atom. The van der Waals surface area contributed by atoms with E-state index in [1.165, 1.54) is 30.4 Å². The molecule has 0 unspecified atom stereocenters. The van der Waals surface area contributed by atoms with Gasteiger partial charge in [0.2, 0.25) is 5.91 Å². The Balaban J connectivity index is 2.28. The predicted octanol–water partition coefficient (Wildman–Crippen LogP) is 0.0311. The van der Waals surface area contributed by atoms with Crippen molar-refractivity contribution in [3.63, 3.8) is 0 Å². The van der Waals surface area contributed by atoms with Crippen LogP contribution in [-0.2, 0) is 24.4 Å². The van der Waals surface area contributed by atoms with Gasteiger partial charge in [-0.05, 0) is 12.1 Å². The van der Waals surface area contributed by atoms with E-state index in [0.717, 1.165) is 6.07 Å². The molecule has 0 radical (unpaired) electrons. The van der Waals surface area contributed by atoms with Gasteiger partial charge in [0.25, 0.3) is 0 Å². The first-order chi connectivity index (χ1) is 13.8. The summed E-state index contributed by atoms with van der Waals surface area (Å²) in [4.78, 5) is 61.1. The minimum absolute atomic E-state index is 0.164. The molecule has 29 heavy (non-hydrogen) atoms. The van der Waals surface area contributed by atoms with Crippen LogP contribution in [0, 0.1) is 5.82 Å². The zero-order chi connectivity index (χ0) is 21.6.